The zero-order valence-electron chi connectivity index (χ0n) is 15.7. The smallest absolute Gasteiger partial charge is 0.267 e. The van der Waals surface area contributed by atoms with Crippen LogP contribution in [0.4, 0.5) is 0 Å². The van der Waals surface area contributed by atoms with Crippen LogP contribution in [-0.4, -0.2) is 64.7 Å². The van der Waals surface area contributed by atoms with Crippen LogP contribution in [0, 0.1) is 0 Å². The highest BCUT2D eigenvalue weighted by atomic mass is 16.6. The van der Waals surface area contributed by atoms with Crippen LogP contribution in [0.25, 0.3) is 11.6 Å². The van der Waals surface area contributed by atoms with E-state index in [-0.39, 0.29) is 12.5 Å². The van der Waals surface area contributed by atoms with E-state index in [1.165, 1.54) is 0 Å². The van der Waals surface area contributed by atoms with Gasteiger partial charge in [0.15, 0.2) is 17.3 Å². The molecule has 5 rings (SSSR count). The fourth-order valence-electron chi connectivity index (χ4n) is 3.49. The lowest BCUT2D eigenvalue weighted by Gasteiger charge is -2.36. The molecule has 4 heterocycles. The molecule has 0 bridgehead atoms. The van der Waals surface area contributed by atoms with Crippen LogP contribution in [0.3, 0.4) is 0 Å². The molecule has 0 unspecified atom stereocenters. The number of benzene rings is 1. The summed E-state index contributed by atoms with van der Waals surface area (Å²) in [6.45, 7) is 3.42. The fourth-order valence-corrected chi connectivity index (χ4v) is 3.49. The Bertz CT molecular complexity index is 978. The SMILES string of the molecule is O=C([C@@H]1COc2ccccc2O1)N1CCN(Cc2nc(-c3ccco3)no2)CC1. The first-order chi connectivity index (χ1) is 14.3. The van der Waals surface area contributed by atoms with Crippen molar-refractivity contribution >= 4 is 5.91 Å². The molecule has 0 saturated carbocycles. The Hall–Kier alpha value is -3.33. The molecule has 29 heavy (non-hydrogen) atoms. The van der Waals surface area contributed by atoms with Gasteiger partial charge < -0.3 is 23.3 Å². The van der Waals surface area contributed by atoms with Crippen molar-refractivity contribution in [3.8, 4) is 23.1 Å². The molecule has 2 aliphatic heterocycles. The molecule has 0 N–H and O–H groups in total. The number of furan rings is 1. The molecule has 9 nitrogen and oxygen atoms in total. The number of ether oxygens (including phenoxy) is 2. The molecule has 3 aromatic rings. The van der Waals surface area contributed by atoms with E-state index in [4.69, 9.17) is 18.4 Å². The van der Waals surface area contributed by atoms with Crippen LogP contribution in [0.5, 0.6) is 11.5 Å². The number of rotatable bonds is 4. The number of nitrogens with zero attached hydrogens (tertiary/aromatic N) is 4. The van der Waals surface area contributed by atoms with Gasteiger partial charge in [-0.05, 0) is 24.3 Å². The maximum Gasteiger partial charge on any atom is 0.267 e. The predicted molar refractivity (Wildman–Crippen MR) is 100 cm³/mol. The van der Waals surface area contributed by atoms with Crippen LogP contribution in [0.2, 0.25) is 0 Å². The van der Waals surface area contributed by atoms with E-state index < -0.39 is 6.10 Å². The zero-order valence-corrected chi connectivity index (χ0v) is 15.7. The van der Waals surface area contributed by atoms with E-state index in [1.807, 2.05) is 29.2 Å². The molecule has 2 aromatic heterocycles. The van der Waals surface area contributed by atoms with Crippen molar-refractivity contribution in [2.75, 3.05) is 32.8 Å². The molecule has 1 fully saturated rings. The molecule has 9 heteroatoms. The molecule has 2 aliphatic rings. The Morgan fingerprint density at radius 1 is 1.07 bits per heavy atom. The second-order valence-electron chi connectivity index (χ2n) is 6.95. The van der Waals surface area contributed by atoms with Gasteiger partial charge in [0, 0.05) is 26.2 Å². The van der Waals surface area contributed by atoms with E-state index in [2.05, 4.69) is 15.0 Å². The molecule has 1 atom stereocenters. The van der Waals surface area contributed by atoms with Crippen LogP contribution >= 0.6 is 0 Å². The molecule has 1 aromatic carbocycles. The number of para-hydroxylation sites is 2. The molecule has 0 spiro atoms. The third-order valence-corrected chi connectivity index (χ3v) is 5.04. The Kier molecular flexibility index (Phi) is 4.65. The minimum absolute atomic E-state index is 0.0444. The number of fused-ring (bicyclic) bond motifs is 1. The molecule has 1 amide bonds. The summed E-state index contributed by atoms with van der Waals surface area (Å²) in [6, 6.07) is 11.0. The van der Waals surface area contributed by atoms with Gasteiger partial charge in [0.1, 0.15) is 6.61 Å². The Labute approximate surface area is 166 Å². The van der Waals surface area contributed by atoms with Crippen molar-refractivity contribution in [2.24, 2.45) is 0 Å². The van der Waals surface area contributed by atoms with Gasteiger partial charge in [-0.15, -0.1) is 0 Å². The first-order valence-electron chi connectivity index (χ1n) is 9.52. The van der Waals surface area contributed by atoms with Crippen molar-refractivity contribution in [3.63, 3.8) is 0 Å². The van der Waals surface area contributed by atoms with E-state index >= 15 is 0 Å². The summed E-state index contributed by atoms with van der Waals surface area (Å²) in [5, 5.41) is 3.95. The van der Waals surface area contributed by atoms with Gasteiger partial charge in [0.05, 0.1) is 12.8 Å². The van der Waals surface area contributed by atoms with Crippen LogP contribution in [0.1, 0.15) is 5.89 Å². The van der Waals surface area contributed by atoms with Gasteiger partial charge in [0.25, 0.3) is 5.91 Å². The Balaban J connectivity index is 1.14. The Morgan fingerprint density at radius 3 is 2.69 bits per heavy atom. The molecule has 0 aliphatic carbocycles. The van der Waals surface area contributed by atoms with Crippen molar-refractivity contribution in [1.29, 1.82) is 0 Å². The number of hydrogen-bond donors (Lipinski definition) is 0. The predicted octanol–water partition coefficient (Wildman–Crippen LogP) is 1.81. The lowest BCUT2D eigenvalue weighted by molar-refractivity contribution is -0.143. The maximum atomic E-state index is 12.8. The first-order valence-corrected chi connectivity index (χ1v) is 9.52. The summed E-state index contributed by atoms with van der Waals surface area (Å²) in [7, 11) is 0. The van der Waals surface area contributed by atoms with Gasteiger partial charge in [-0.1, -0.05) is 17.3 Å². The third-order valence-electron chi connectivity index (χ3n) is 5.04. The highest BCUT2D eigenvalue weighted by Gasteiger charge is 2.32. The van der Waals surface area contributed by atoms with E-state index in [1.54, 1.807) is 18.4 Å². The normalized spacial score (nSPS) is 19.3. The van der Waals surface area contributed by atoms with Crippen molar-refractivity contribution in [1.82, 2.24) is 19.9 Å². The zero-order chi connectivity index (χ0) is 19.6. The van der Waals surface area contributed by atoms with E-state index in [0.29, 0.717) is 61.7 Å². The second kappa shape index (κ2) is 7.59. The number of carbonyl (C=O) groups is 1. The highest BCUT2D eigenvalue weighted by molar-refractivity contribution is 5.82. The summed E-state index contributed by atoms with van der Waals surface area (Å²) in [4.78, 5) is 21.2. The first kappa shape index (κ1) is 17.7. The number of amides is 1. The summed E-state index contributed by atoms with van der Waals surface area (Å²) >= 11 is 0. The average molecular weight is 396 g/mol. The third kappa shape index (κ3) is 3.68. The van der Waals surface area contributed by atoms with Crippen LogP contribution in [0.15, 0.2) is 51.6 Å². The minimum Gasteiger partial charge on any atom is -0.485 e. The summed E-state index contributed by atoms with van der Waals surface area (Å²) < 4.78 is 22.1. The Morgan fingerprint density at radius 2 is 1.90 bits per heavy atom. The van der Waals surface area contributed by atoms with Crippen LogP contribution in [-0.2, 0) is 11.3 Å². The number of piperazine rings is 1. The molecule has 0 radical (unpaired) electrons. The summed E-state index contributed by atoms with van der Waals surface area (Å²) in [5.41, 5.74) is 0. The maximum absolute atomic E-state index is 12.8. The van der Waals surface area contributed by atoms with Gasteiger partial charge in [0.2, 0.25) is 17.8 Å². The molecular weight excluding hydrogens is 376 g/mol. The van der Waals surface area contributed by atoms with Gasteiger partial charge >= 0.3 is 0 Å². The monoisotopic (exact) mass is 396 g/mol. The highest BCUT2D eigenvalue weighted by Crippen LogP contribution is 2.31. The second-order valence-corrected chi connectivity index (χ2v) is 6.95. The quantitative estimate of drug-likeness (QED) is 0.659. The largest absolute Gasteiger partial charge is 0.485 e. The number of carbonyl (C=O) groups excluding carboxylic acids is 1. The van der Waals surface area contributed by atoms with Crippen molar-refractivity contribution in [2.45, 2.75) is 12.6 Å². The fraction of sp³-hybridized carbons (Fsp3) is 0.350. The molecule has 1 saturated heterocycles. The van der Waals surface area contributed by atoms with Gasteiger partial charge in [-0.25, -0.2) is 0 Å². The summed E-state index contributed by atoms with van der Waals surface area (Å²) in [5.74, 6) is 2.78. The lowest BCUT2D eigenvalue weighted by Crippen LogP contribution is -2.53. The van der Waals surface area contributed by atoms with E-state index in [0.717, 1.165) is 0 Å². The average Bonchev–Trinajstić information content (AvgIpc) is 3.45. The standard InChI is InChI=1S/C20H20N4O5/c25-20(17-13-27-14-4-1-2-5-15(14)28-17)24-9-7-23(8-10-24)12-18-21-19(22-29-18)16-6-3-11-26-16/h1-6,11,17H,7-10,12-13H2/t17-/m0/s1. The van der Waals surface area contributed by atoms with Crippen molar-refractivity contribution in [3.05, 3.63) is 48.6 Å². The van der Waals surface area contributed by atoms with E-state index in [9.17, 15) is 4.79 Å². The topological polar surface area (TPSA) is 94.1 Å². The summed E-state index contributed by atoms with van der Waals surface area (Å²) in [6.07, 6.45) is 0.963. The van der Waals surface area contributed by atoms with Gasteiger partial charge in [-0.3, -0.25) is 9.69 Å². The molecular formula is C20H20N4O5. The minimum atomic E-state index is -0.608. The van der Waals surface area contributed by atoms with Crippen molar-refractivity contribution < 1.29 is 23.2 Å². The lowest BCUT2D eigenvalue weighted by atomic mass is 10.2. The number of aromatic nitrogens is 2. The van der Waals surface area contributed by atoms with Gasteiger partial charge in [-0.2, -0.15) is 4.98 Å². The number of hydrogen-bond acceptors (Lipinski definition) is 8. The van der Waals surface area contributed by atoms with Crippen LogP contribution < -0.4 is 9.47 Å². The molecule has 150 valence electrons.